The van der Waals surface area contributed by atoms with Crippen molar-refractivity contribution in [1.82, 2.24) is 9.80 Å². The zero-order chi connectivity index (χ0) is 15.5. The minimum absolute atomic E-state index is 0.178. The number of likely N-dealkylation sites (tertiary alicyclic amines) is 1. The van der Waals surface area contributed by atoms with Crippen LogP contribution in [0, 0.1) is 0 Å². The number of amides is 1. The first kappa shape index (κ1) is 16.6. The van der Waals surface area contributed by atoms with Crippen LogP contribution in [0.1, 0.15) is 46.5 Å². The van der Waals surface area contributed by atoms with Gasteiger partial charge in [0.1, 0.15) is 5.60 Å². The first-order valence-electron chi connectivity index (χ1n) is 8.15. The average molecular weight is 298 g/mol. The second-order valence-electron chi connectivity index (χ2n) is 7.27. The topological polar surface area (TPSA) is 42.0 Å². The van der Waals surface area contributed by atoms with Gasteiger partial charge in [-0.2, -0.15) is 0 Å². The summed E-state index contributed by atoms with van der Waals surface area (Å²) >= 11 is 0. The van der Waals surface area contributed by atoms with Crippen molar-refractivity contribution in [2.24, 2.45) is 0 Å². The highest BCUT2D eigenvalue weighted by atomic mass is 16.6. The molecule has 1 unspecified atom stereocenters. The van der Waals surface area contributed by atoms with Gasteiger partial charge in [0.25, 0.3) is 0 Å². The van der Waals surface area contributed by atoms with Crippen molar-refractivity contribution in [3.8, 4) is 0 Å². The number of likely N-dealkylation sites (N-methyl/N-ethyl adjacent to an activating group) is 1. The summed E-state index contributed by atoms with van der Waals surface area (Å²) in [7, 11) is 2.18. The molecule has 21 heavy (non-hydrogen) atoms. The molecular formula is C16H30N2O3. The molecule has 0 aromatic rings. The summed E-state index contributed by atoms with van der Waals surface area (Å²) in [5.74, 6) is 0. The van der Waals surface area contributed by atoms with Gasteiger partial charge in [-0.1, -0.05) is 0 Å². The lowest BCUT2D eigenvalue weighted by molar-refractivity contribution is 0.0113. The molecule has 2 saturated heterocycles. The minimum Gasteiger partial charge on any atom is -0.444 e. The quantitative estimate of drug-likeness (QED) is 0.803. The smallest absolute Gasteiger partial charge is 0.410 e. The summed E-state index contributed by atoms with van der Waals surface area (Å²) in [5.41, 5.74) is -0.412. The van der Waals surface area contributed by atoms with Crippen molar-refractivity contribution < 1.29 is 14.3 Å². The molecule has 2 aliphatic heterocycles. The van der Waals surface area contributed by atoms with Crippen LogP contribution in [0.3, 0.4) is 0 Å². The van der Waals surface area contributed by atoms with Gasteiger partial charge in [-0.05, 0) is 53.5 Å². The fourth-order valence-electron chi connectivity index (χ4n) is 3.07. The van der Waals surface area contributed by atoms with Gasteiger partial charge in [0.2, 0.25) is 0 Å². The van der Waals surface area contributed by atoms with E-state index in [2.05, 4.69) is 11.9 Å². The number of rotatable bonds is 3. The van der Waals surface area contributed by atoms with E-state index in [9.17, 15) is 4.79 Å². The van der Waals surface area contributed by atoms with E-state index in [4.69, 9.17) is 9.47 Å². The Hall–Kier alpha value is -0.810. The van der Waals surface area contributed by atoms with Crippen molar-refractivity contribution in [2.45, 2.75) is 64.2 Å². The molecule has 0 radical (unpaired) electrons. The van der Waals surface area contributed by atoms with E-state index >= 15 is 0 Å². The molecule has 0 spiro atoms. The molecule has 1 atom stereocenters. The van der Waals surface area contributed by atoms with Crippen molar-refractivity contribution >= 4 is 6.09 Å². The lowest BCUT2D eigenvalue weighted by Crippen LogP contribution is -2.48. The SMILES string of the molecule is CN(CC1CCCO1)C1CCN(C(=O)OC(C)(C)C)CC1. The van der Waals surface area contributed by atoms with Gasteiger partial charge in [0.05, 0.1) is 6.10 Å². The summed E-state index contributed by atoms with van der Waals surface area (Å²) in [5, 5.41) is 0. The molecule has 5 nitrogen and oxygen atoms in total. The maximum atomic E-state index is 12.0. The van der Waals surface area contributed by atoms with Gasteiger partial charge in [0, 0.05) is 32.3 Å². The van der Waals surface area contributed by atoms with E-state index in [1.54, 1.807) is 0 Å². The Bertz CT molecular complexity index is 340. The van der Waals surface area contributed by atoms with E-state index in [1.165, 1.54) is 12.8 Å². The van der Waals surface area contributed by atoms with Crippen LogP contribution in [0.15, 0.2) is 0 Å². The Morgan fingerprint density at radius 2 is 1.95 bits per heavy atom. The molecule has 0 aromatic heterocycles. The summed E-state index contributed by atoms with van der Waals surface area (Å²) < 4.78 is 11.1. The summed E-state index contributed by atoms with van der Waals surface area (Å²) in [6.45, 7) is 9.23. The van der Waals surface area contributed by atoms with Crippen LogP contribution in [0.4, 0.5) is 4.79 Å². The molecule has 122 valence electrons. The number of carbonyl (C=O) groups is 1. The molecule has 2 heterocycles. The second kappa shape index (κ2) is 6.97. The summed E-state index contributed by atoms with van der Waals surface area (Å²) in [6, 6.07) is 0.549. The van der Waals surface area contributed by atoms with Crippen LogP contribution in [0.25, 0.3) is 0 Å². The maximum Gasteiger partial charge on any atom is 0.410 e. The maximum absolute atomic E-state index is 12.0. The molecule has 5 heteroatoms. The Morgan fingerprint density at radius 1 is 1.29 bits per heavy atom. The monoisotopic (exact) mass is 298 g/mol. The number of ether oxygens (including phenoxy) is 2. The van der Waals surface area contributed by atoms with Gasteiger partial charge in [-0.25, -0.2) is 4.79 Å². The lowest BCUT2D eigenvalue weighted by atomic mass is 10.0. The van der Waals surface area contributed by atoms with Crippen LogP contribution in [0.5, 0.6) is 0 Å². The van der Waals surface area contributed by atoms with Gasteiger partial charge < -0.3 is 19.3 Å². The van der Waals surface area contributed by atoms with E-state index in [0.717, 1.165) is 39.1 Å². The lowest BCUT2D eigenvalue weighted by Gasteiger charge is -2.37. The molecule has 0 aromatic carbocycles. The fourth-order valence-corrected chi connectivity index (χ4v) is 3.07. The number of nitrogens with zero attached hydrogens (tertiary/aromatic N) is 2. The third kappa shape index (κ3) is 5.15. The molecule has 1 amide bonds. The standard InChI is InChI=1S/C16H30N2O3/c1-16(2,3)21-15(19)18-9-7-13(8-10-18)17(4)12-14-6-5-11-20-14/h13-14H,5-12H2,1-4H3. The van der Waals surface area contributed by atoms with Crippen molar-refractivity contribution in [3.05, 3.63) is 0 Å². The van der Waals surface area contributed by atoms with Crippen molar-refractivity contribution in [2.75, 3.05) is 33.3 Å². The van der Waals surface area contributed by atoms with Crippen LogP contribution in [0.2, 0.25) is 0 Å². The van der Waals surface area contributed by atoms with Crippen molar-refractivity contribution in [3.63, 3.8) is 0 Å². The van der Waals surface area contributed by atoms with E-state index in [1.807, 2.05) is 25.7 Å². The third-order valence-electron chi connectivity index (χ3n) is 4.26. The zero-order valence-corrected chi connectivity index (χ0v) is 13.9. The normalized spacial score (nSPS) is 24.6. The number of hydrogen-bond donors (Lipinski definition) is 0. The first-order valence-corrected chi connectivity index (χ1v) is 8.15. The fraction of sp³-hybridized carbons (Fsp3) is 0.938. The predicted molar refractivity (Wildman–Crippen MR) is 82.4 cm³/mol. The highest BCUT2D eigenvalue weighted by molar-refractivity contribution is 5.68. The summed E-state index contributed by atoms with van der Waals surface area (Å²) in [6.07, 6.45) is 4.63. The Labute approximate surface area is 128 Å². The molecule has 2 fully saturated rings. The number of piperidine rings is 1. The van der Waals surface area contributed by atoms with Gasteiger partial charge >= 0.3 is 6.09 Å². The van der Waals surface area contributed by atoms with Crippen LogP contribution >= 0.6 is 0 Å². The van der Waals surface area contributed by atoms with E-state index < -0.39 is 5.60 Å². The molecule has 0 aliphatic carbocycles. The Morgan fingerprint density at radius 3 is 2.48 bits per heavy atom. The molecule has 0 bridgehead atoms. The minimum atomic E-state index is -0.412. The van der Waals surface area contributed by atoms with Crippen LogP contribution in [-0.2, 0) is 9.47 Å². The van der Waals surface area contributed by atoms with Gasteiger partial charge in [-0.15, -0.1) is 0 Å². The number of hydrogen-bond acceptors (Lipinski definition) is 4. The highest BCUT2D eigenvalue weighted by Gasteiger charge is 2.29. The predicted octanol–water partition coefficient (Wildman–Crippen LogP) is 2.50. The molecule has 0 saturated carbocycles. The summed E-state index contributed by atoms with van der Waals surface area (Å²) in [4.78, 5) is 16.3. The molecule has 2 rings (SSSR count). The Balaban J connectivity index is 1.73. The van der Waals surface area contributed by atoms with Crippen molar-refractivity contribution in [1.29, 1.82) is 0 Å². The average Bonchev–Trinajstić information content (AvgIpc) is 2.90. The molecule has 0 N–H and O–H groups in total. The number of carbonyl (C=O) groups excluding carboxylic acids is 1. The highest BCUT2D eigenvalue weighted by Crippen LogP contribution is 2.20. The van der Waals surface area contributed by atoms with Gasteiger partial charge in [0.15, 0.2) is 0 Å². The van der Waals surface area contributed by atoms with E-state index in [0.29, 0.717) is 12.1 Å². The Kier molecular flexibility index (Phi) is 5.49. The second-order valence-corrected chi connectivity index (χ2v) is 7.27. The van der Waals surface area contributed by atoms with E-state index in [-0.39, 0.29) is 6.09 Å². The third-order valence-corrected chi connectivity index (χ3v) is 4.26. The van der Waals surface area contributed by atoms with Crippen LogP contribution in [-0.4, -0.2) is 66.9 Å². The zero-order valence-electron chi connectivity index (χ0n) is 13.9. The first-order chi connectivity index (χ1) is 9.85. The van der Waals surface area contributed by atoms with Crippen LogP contribution < -0.4 is 0 Å². The molecule has 2 aliphatic rings. The largest absolute Gasteiger partial charge is 0.444 e. The van der Waals surface area contributed by atoms with Gasteiger partial charge in [-0.3, -0.25) is 0 Å². The molecular weight excluding hydrogens is 268 g/mol.